The van der Waals surface area contributed by atoms with Crippen LogP contribution >= 0.6 is 15.9 Å². The Hall–Kier alpha value is -2.93. The number of hydrogen-bond acceptors (Lipinski definition) is 5. The minimum Gasteiger partial charge on any atom is -0.487 e. The van der Waals surface area contributed by atoms with E-state index in [0.717, 1.165) is 48.0 Å². The van der Waals surface area contributed by atoms with E-state index >= 15 is 0 Å². The first-order valence-electron chi connectivity index (χ1n) is 12.2. The Morgan fingerprint density at radius 1 is 1.20 bits per heavy atom. The number of anilines is 1. The van der Waals surface area contributed by atoms with Gasteiger partial charge in [-0.1, -0.05) is 73.0 Å². The van der Waals surface area contributed by atoms with Crippen molar-refractivity contribution in [2.45, 2.75) is 65.0 Å². The summed E-state index contributed by atoms with van der Waals surface area (Å²) in [5, 5.41) is 9.79. The van der Waals surface area contributed by atoms with Crippen molar-refractivity contribution in [1.29, 1.82) is 0 Å². The fraction of sp³-hybridized carbons (Fsp3) is 0.393. The second kappa shape index (κ2) is 11.2. The summed E-state index contributed by atoms with van der Waals surface area (Å²) in [6.45, 7) is 7.14. The number of aryl methyl sites for hydroxylation is 1. The van der Waals surface area contributed by atoms with E-state index in [1.54, 1.807) is 0 Å². The molecule has 3 aromatic rings. The molecule has 0 spiro atoms. The van der Waals surface area contributed by atoms with E-state index in [-0.39, 0.29) is 18.2 Å². The van der Waals surface area contributed by atoms with Crippen LogP contribution in [0.15, 0.2) is 53.1 Å². The van der Waals surface area contributed by atoms with Gasteiger partial charge in [0.25, 0.3) is 0 Å². The average molecular weight is 538 g/mol. The van der Waals surface area contributed by atoms with Gasteiger partial charge in [-0.05, 0) is 54.5 Å². The van der Waals surface area contributed by atoms with E-state index in [9.17, 15) is 9.90 Å². The maximum absolute atomic E-state index is 12.0. The number of carboxylic acid groups (broad SMARTS) is 1. The molecular formula is C28H32BrN3O3. The van der Waals surface area contributed by atoms with E-state index in [4.69, 9.17) is 9.72 Å². The Labute approximate surface area is 215 Å². The van der Waals surface area contributed by atoms with Crippen molar-refractivity contribution in [3.05, 3.63) is 81.1 Å². The molecule has 184 valence electrons. The summed E-state index contributed by atoms with van der Waals surface area (Å²) in [6, 6.07) is 14.5. The van der Waals surface area contributed by atoms with Gasteiger partial charge in [0.15, 0.2) is 0 Å². The zero-order chi connectivity index (χ0) is 24.9. The molecule has 0 unspecified atom stereocenters. The van der Waals surface area contributed by atoms with Crippen LogP contribution in [0.3, 0.4) is 0 Å². The van der Waals surface area contributed by atoms with Crippen molar-refractivity contribution in [2.75, 3.05) is 11.4 Å². The number of aromatic carboxylic acids is 1. The van der Waals surface area contributed by atoms with Gasteiger partial charge in [0.1, 0.15) is 17.9 Å². The van der Waals surface area contributed by atoms with Gasteiger partial charge < -0.3 is 14.7 Å². The molecule has 0 saturated carbocycles. The second-order valence-electron chi connectivity index (χ2n) is 9.38. The van der Waals surface area contributed by atoms with Crippen molar-refractivity contribution in [3.63, 3.8) is 0 Å². The minimum atomic E-state index is -1.05. The molecule has 1 fully saturated rings. The van der Waals surface area contributed by atoms with Crippen molar-refractivity contribution < 1.29 is 14.6 Å². The lowest BCUT2D eigenvalue weighted by Crippen LogP contribution is -2.31. The van der Waals surface area contributed by atoms with Crippen LogP contribution < -0.4 is 9.64 Å². The highest BCUT2D eigenvalue weighted by atomic mass is 79.9. The highest BCUT2D eigenvalue weighted by Crippen LogP contribution is 2.36. The summed E-state index contributed by atoms with van der Waals surface area (Å²) in [5.41, 5.74) is 3.82. The van der Waals surface area contributed by atoms with Crippen LogP contribution in [-0.2, 0) is 6.61 Å². The molecule has 1 atom stereocenters. The Kier molecular flexibility index (Phi) is 8.06. The predicted octanol–water partition coefficient (Wildman–Crippen LogP) is 7.07. The lowest BCUT2D eigenvalue weighted by Gasteiger charge is -2.31. The van der Waals surface area contributed by atoms with Gasteiger partial charge in [0, 0.05) is 17.2 Å². The number of benzene rings is 2. The monoisotopic (exact) mass is 537 g/mol. The molecule has 35 heavy (non-hydrogen) atoms. The first-order valence-corrected chi connectivity index (χ1v) is 13.0. The normalized spacial score (nSPS) is 16.3. The fourth-order valence-corrected chi connectivity index (χ4v) is 5.08. The van der Waals surface area contributed by atoms with E-state index in [2.05, 4.69) is 57.9 Å². The number of nitrogens with zero attached hydrogens (tertiary/aromatic N) is 3. The fourth-order valence-electron chi connectivity index (χ4n) is 4.53. The zero-order valence-corrected chi connectivity index (χ0v) is 22.1. The first-order chi connectivity index (χ1) is 16.8. The van der Waals surface area contributed by atoms with Gasteiger partial charge in [0.2, 0.25) is 5.95 Å². The molecule has 7 heteroatoms. The van der Waals surface area contributed by atoms with Crippen LogP contribution in [0.1, 0.15) is 84.2 Å². The summed E-state index contributed by atoms with van der Waals surface area (Å²) in [4.78, 5) is 23.4. The van der Waals surface area contributed by atoms with Gasteiger partial charge in [0.05, 0.1) is 11.7 Å². The summed E-state index contributed by atoms with van der Waals surface area (Å²) in [5.74, 6) is 0.606. The number of aromatic nitrogens is 2. The van der Waals surface area contributed by atoms with Crippen LogP contribution in [0, 0.1) is 6.92 Å². The Balaban J connectivity index is 1.67. The van der Waals surface area contributed by atoms with Crippen LogP contribution in [-0.4, -0.2) is 27.6 Å². The molecule has 2 heterocycles. The number of ether oxygens (including phenoxy) is 1. The Morgan fingerprint density at radius 3 is 2.74 bits per heavy atom. The van der Waals surface area contributed by atoms with E-state index in [1.165, 1.54) is 17.3 Å². The smallest absolute Gasteiger partial charge is 0.339 e. The van der Waals surface area contributed by atoms with Crippen molar-refractivity contribution in [2.24, 2.45) is 0 Å². The first kappa shape index (κ1) is 25.2. The molecule has 0 radical (unpaired) electrons. The molecule has 0 aliphatic carbocycles. The summed E-state index contributed by atoms with van der Waals surface area (Å²) < 4.78 is 7.18. The molecule has 1 saturated heterocycles. The zero-order valence-electron chi connectivity index (χ0n) is 20.5. The van der Waals surface area contributed by atoms with Crippen LogP contribution in [0.2, 0.25) is 0 Å². The molecule has 1 aliphatic rings. The van der Waals surface area contributed by atoms with Gasteiger partial charge in [-0.15, -0.1) is 0 Å². The Bertz CT molecular complexity index is 1200. The molecule has 1 aromatic heterocycles. The third-order valence-corrected chi connectivity index (χ3v) is 7.32. The molecular weight excluding hydrogens is 506 g/mol. The molecule has 6 nitrogen and oxygen atoms in total. The molecule has 0 amide bonds. The summed E-state index contributed by atoms with van der Waals surface area (Å²) in [7, 11) is 0. The lowest BCUT2D eigenvalue weighted by atomic mass is 10.0. The van der Waals surface area contributed by atoms with Crippen LogP contribution in [0.25, 0.3) is 0 Å². The molecule has 1 N–H and O–H groups in total. The standard InChI is InChI=1S/C28H32BrN3O3/c1-18(2)20-13-12-19(3)26(15-20)35-17-24-22(27(33)34)16-30-28(31-24)32-14-8-4-5-11-25(32)21-9-6-7-10-23(21)29/h6-7,9-10,12-13,15-16,18,25H,4-5,8,11,14,17H2,1-3H3,(H,33,34)/t25-/m1/s1. The quantitative estimate of drug-likeness (QED) is 0.347. The van der Waals surface area contributed by atoms with Crippen molar-refractivity contribution in [3.8, 4) is 5.75 Å². The molecule has 0 bridgehead atoms. The van der Waals surface area contributed by atoms with Crippen LogP contribution in [0.4, 0.5) is 5.95 Å². The number of hydrogen-bond donors (Lipinski definition) is 1. The number of rotatable bonds is 7. The van der Waals surface area contributed by atoms with E-state index in [1.807, 2.05) is 31.2 Å². The van der Waals surface area contributed by atoms with E-state index < -0.39 is 5.97 Å². The van der Waals surface area contributed by atoms with Crippen molar-refractivity contribution in [1.82, 2.24) is 9.97 Å². The SMILES string of the molecule is Cc1ccc(C(C)C)cc1OCc1nc(N2CCCCC[C@@H]2c2ccccc2Br)ncc1C(=O)O. The van der Waals surface area contributed by atoms with Gasteiger partial charge in [-0.3, -0.25) is 0 Å². The average Bonchev–Trinajstić information content (AvgIpc) is 3.09. The van der Waals surface area contributed by atoms with Gasteiger partial charge in [-0.2, -0.15) is 0 Å². The Morgan fingerprint density at radius 2 is 2.00 bits per heavy atom. The minimum absolute atomic E-state index is 0.0626. The van der Waals surface area contributed by atoms with Gasteiger partial charge >= 0.3 is 5.97 Å². The van der Waals surface area contributed by atoms with E-state index in [0.29, 0.717) is 17.6 Å². The number of halogens is 1. The second-order valence-corrected chi connectivity index (χ2v) is 10.2. The number of carboxylic acids is 1. The highest BCUT2D eigenvalue weighted by molar-refractivity contribution is 9.10. The maximum atomic E-state index is 12.0. The highest BCUT2D eigenvalue weighted by Gasteiger charge is 2.27. The van der Waals surface area contributed by atoms with Crippen molar-refractivity contribution >= 4 is 27.8 Å². The lowest BCUT2D eigenvalue weighted by molar-refractivity contribution is 0.0692. The van der Waals surface area contributed by atoms with Crippen LogP contribution in [0.5, 0.6) is 5.75 Å². The predicted molar refractivity (Wildman–Crippen MR) is 141 cm³/mol. The topological polar surface area (TPSA) is 75.5 Å². The third kappa shape index (κ3) is 5.84. The summed E-state index contributed by atoms with van der Waals surface area (Å²) in [6.07, 6.45) is 5.71. The molecule has 2 aromatic carbocycles. The molecule has 4 rings (SSSR count). The maximum Gasteiger partial charge on any atom is 0.339 e. The summed E-state index contributed by atoms with van der Waals surface area (Å²) >= 11 is 3.71. The number of carbonyl (C=O) groups is 1. The largest absolute Gasteiger partial charge is 0.487 e. The van der Waals surface area contributed by atoms with Gasteiger partial charge in [-0.25, -0.2) is 14.8 Å². The third-order valence-electron chi connectivity index (χ3n) is 6.60. The molecule has 1 aliphatic heterocycles.